The molecule has 0 aromatic heterocycles. The molecule has 0 spiro atoms. The van der Waals surface area contributed by atoms with Crippen LogP contribution in [0.3, 0.4) is 0 Å². The Labute approximate surface area is 87.4 Å². The molecule has 3 atom stereocenters. The number of allylic oxidation sites excluding steroid dienone is 5. The molecule has 0 aromatic rings. The van der Waals surface area contributed by atoms with Crippen LogP contribution in [0.5, 0.6) is 0 Å². The van der Waals surface area contributed by atoms with Crippen LogP contribution < -0.4 is 0 Å². The van der Waals surface area contributed by atoms with Crippen molar-refractivity contribution in [3.05, 3.63) is 36.0 Å². The van der Waals surface area contributed by atoms with Crippen LogP contribution in [0.4, 0.5) is 0 Å². The minimum Gasteiger partial charge on any atom is -0.0918 e. The molecule has 0 aliphatic heterocycles. The third-order valence-corrected chi connectivity index (χ3v) is 4.36. The van der Waals surface area contributed by atoms with Crippen molar-refractivity contribution in [2.45, 2.75) is 33.6 Å². The zero-order chi connectivity index (χ0) is 10.3. The van der Waals surface area contributed by atoms with E-state index in [0.717, 1.165) is 11.8 Å². The molecule has 0 bridgehead atoms. The summed E-state index contributed by atoms with van der Waals surface area (Å²) in [5.41, 5.74) is 3.06. The molecule has 0 radical (unpaired) electrons. The van der Waals surface area contributed by atoms with Gasteiger partial charge in [0.05, 0.1) is 0 Å². The Balaban J connectivity index is 2.39. The largest absolute Gasteiger partial charge is 0.0918 e. The summed E-state index contributed by atoms with van der Waals surface area (Å²) in [6.07, 6.45) is 9.43. The lowest BCUT2D eigenvalue weighted by Crippen LogP contribution is -2.35. The second kappa shape index (κ2) is 3.12. The summed E-state index contributed by atoms with van der Waals surface area (Å²) in [7, 11) is 0. The van der Waals surface area contributed by atoms with Gasteiger partial charge in [0.25, 0.3) is 0 Å². The van der Waals surface area contributed by atoms with E-state index in [-0.39, 0.29) is 0 Å². The fourth-order valence-corrected chi connectivity index (χ4v) is 2.82. The molecule has 2 unspecified atom stereocenters. The van der Waals surface area contributed by atoms with Gasteiger partial charge in [-0.15, -0.1) is 0 Å². The first kappa shape index (κ1) is 9.76. The van der Waals surface area contributed by atoms with Crippen LogP contribution in [0.2, 0.25) is 0 Å². The molecule has 0 N–H and O–H groups in total. The van der Waals surface area contributed by atoms with Gasteiger partial charge in [-0.25, -0.2) is 0 Å². The maximum atomic E-state index is 4.02. The van der Waals surface area contributed by atoms with E-state index in [9.17, 15) is 0 Å². The average molecular weight is 188 g/mol. The zero-order valence-corrected chi connectivity index (χ0v) is 9.51. The highest BCUT2D eigenvalue weighted by Gasteiger charge is 2.39. The maximum absolute atomic E-state index is 4.02. The summed E-state index contributed by atoms with van der Waals surface area (Å²) in [6.45, 7) is 11.2. The van der Waals surface area contributed by atoms with Crippen molar-refractivity contribution in [3.8, 4) is 0 Å². The molecule has 1 saturated carbocycles. The fourth-order valence-electron chi connectivity index (χ4n) is 2.82. The lowest BCUT2D eigenvalue weighted by Gasteiger charge is -2.45. The van der Waals surface area contributed by atoms with E-state index in [0.29, 0.717) is 5.41 Å². The van der Waals surface area contributed by atoms with E-state index in [1.165, 1.54) is 18.4 Å². The second-order valence-corrected chi connectivity index (χ2v) is 5.17. The van der Waals surface area contributed by atoms with E-state index in [1.54, 1.807) is 5.57 Å². The Morgan fingerprint density at radius 1 is 1.43 bits per heavy atom. The van der Waals surface area contributed by atoms with E-state index in [4.69, 9.17) is 0 Å². The average Bonchev–Trinajstić information content (AvgIpc) is 2.16. The van der Waals surface area contributed by atoms with Crippen LogP contribution in [0.15, 0.2) is 36.0 Å². The van der Waals surface area contributed by atoms with Gasteiger partial charge in [0.15, 0.2) is 0 Å². The molecule has 0 amide bonds. The van der Waals surface area contributed by atoms with Crippen molar-refractivity contribution >= 4 is 0 Å². The highest BCUT2D eigenvalue weighted by molar-refractivity contribution is 5.42. The molecule has 76 valence electrons. The van der Waals surface area contributed by atoms with Crippen molar-refractivity contribution < 1.29 is 0 Å². The highest BCUT2D eigenvalue weighted by Crippen LogP contribution is 2.50. The topological polar surface area (TPSA) is 0 Å². The van der Waals surface area contributed by atoms with E-state index in [1.807, 2.05) is 0 Å². The predicted octanol–water partition coefficient (Wildman–Crippen LogP) is 4.11. The lowest BCUT2D eigenvalue weighted by atomic mass is 9.59. The van der Waals surface area contributed by atoms with Gasteiger partial charge < -0.3 is 0 Å². The van der Waals surface area contributed by atoms with Crippen LogP contribution >= 0.6 is 0 Å². The predicted molar refractivity (Wildman–Crippen MR) is 62.0 cm³/mol. The van der Waals surface area contributed by atoms with Crippen molar-refractivity contribution in [2.24, 2.45) is 17.3 Å². The van der Waals surface area contributed by atoms with Crippen molar-refractivity contribution in [1.29, 1.82) is 0 Å². The monoisotopic (exact) mass is 188 g/mol. The van der Waals surface area contributed by atoms with Gasteiger partial charge in [0.1, 0.15) is 0 Å². The van der Waals surface area contributed by atoms with E-state index < -0.39 is 0 Å². The number of fused-ring (bicyclic) bond motifs is 1. The molecule has 1 fully saturated rings. The fraction of sp³-hybridized carbons (Fsp3) is 0.571. The number of rotatable bonds is 0. The van der Waals surface area contributed by atoms with Gasteiger partial charge in [-0.1, -0.05) is 51.2 Å². The zero-order valence-electron chi connectivity index (χ0n) is 9.51. The Morgan fingerprint density at radius 2 is 2.14 bits per heavy atom. The highest BCUT2D eigenvalue weighted by atomic mass is 14.4. The van der Waals surface area contributed by atoms with Gasteiger partial charge in [0, 0.05) is 5.41 Å². The normalized spacial score (nSPS) is 41.9. The SMILES string of the molecule is C=C1C=C[C@@]2(C)C(=C1)CCC(C)C2C. The number of hydrogen-bond donors (Lipinski definition) is 0. The smallest absolute Gasteiger partial charge is 0.00972 e. The molecule has 0 saturated heterocycles. The summed E-state index contributed by atoms with van der Waals surface area (Å²) in [5.74, 6) is 1.60. The summed E-state index contributed by atoms with van der Waals surface area (Å²) in [4.78, 5) is 0. The molecule has 0 aromatic carbocycles. The van der Waals surface area contributed by atoms with Gasteiger partial charge in [-0.05, 0) is 30.3 Å². The Bertz CT molecular complexity index is 319. The van der Waals surface area contributed by atoms with Crippen LogP contribution in [-0.4, -0.2) is 0 Å². The molecule has 2 aliphatic rings. The van der Waals surface area contributed by atoms with E-state index >= 15 is 0 Å². The number of hydrogen-bond acceptors (Lipinski definition) is 0. The Hall–Kier alpha value is -0.780. The van der Waals surface area contributed by atoms with Crippen molar-refractivity contribution in [3.63, 3.8) is 0 Å². The molecule has 14 heavy (non-hydrogen) atoms. The first-order valence-corrected chi connectivity index (χ1v) is 5.63. The van der Waals surface area contributed by atoms with Gasteiger partial charge in [0.2, 0.25) is 0 Å². The summed E-state index contributed by atoms with van der Waals surface area (Å²) < 4.78 is 0. The summed E-state index contributed by atoms with van der Waals surface area (Å²) in [6, 6.07) is 0. The Kier molecular flexibility index (Phi) is 2.17. The molecule has 2 rings (SSSR count). The first-order chi connectivity index (χ1) is 6.54. The third-order valence-electron chi connectivity index (χ3n) is 4.36. The summed E-state index contributed by atoms with van der Waals surface area (Å²) >= 11 is 0. The lowest BCUT2D eigenvalue weighted by molar-refractivity contribution is 0.186. The molecular formula is C14H20. The van der Waals surface area contributed by atoms with E-state index in [2.05, 4.69) is 45.6 Å². The van der Waals surface area contributed by atoms with Crippen LogP contribution in [0, 0.1) is 17.3 Å². The molecule has 0 nitrogen and oxygen atoms in total. The van der Waals surface area contributed by atoms with Crippen LogP contribution in [0.25, 0.3) is 0 Å². The van der Waals surface area contributed by atoms with Gasteiger partial charge in [-0.2, -0.15) is 0 Å². The summed E-state index contributed by atoms with van der Waals surface area (Å²) in [5, 5.41) is 0. The molecule has 0 heterocycles. The maximum Gasteiger partial charge on any atom is 0.00972 e. The van der Waals surface area contributed by atoms with Crippen LogP contribution in [0.1, 0.15) is 33.6 Å². The third kappa shape index (κ3) is 1.28. The minimum absolute atomic E-state index is 0.304. The molecular weight excluding hydrogens is 168 g/mol. The van der Waals surface area contributed by atoms with Crippen molar-refractivity contribution in [1.82, 2.24) is 0 Å². The molecule has 2 aliphatic carbocycles. The van der Waals surface area contributed by atoms with Gasteiger partial charge >= 0.3 is 0 Å². The molecule has 0 heteroatoms. The van der Waals surface area contributed by atoms with Crippen LogP contribution in [-0.2, 0) is 0 Å². The first-order valence-electron chi connectivity index (χ1n) is 5.63. The quantitative estimate of drug-likeness (QED) is 0.536. The minimum atomic E-state index is 0.304. The Morgan fingerprint density at radius 3 is 2.86 bits per heavy atom. The van der Waals surface area contributed by atoms with Gasteiger partial charge in [-0.3, -0.25) is 0 Å². The standard InChI is InChI=1S/C14H20/c1-10-7-8-14(4)12(3)11(2)5-6-13(14)9-10/h7-9,11-12H,1,5-6H2,2-4H3/t11?,12?,14-/m1/s1. The van der Waals surface area contributed by atoms with Crippen molar-refractivity contribution in [2.75, 3.05) is 0 Å². The second-order valence-electron chi connectivity index (χ2n) is 5.17.